The monoisotopic (exact) mass is 276 g/mol. The number of aromatic nitrogens is 2. The summed E-state index contributed by atoms with van der Waals surface area (Å²) in [6.07, 6.45) is 0. The number of nitriles is 1. The van der Waals surface area contributed by atoms with Gasteiger partial charge in [-0.3, -0.25) is 4.79 Å². The molecule has 21 heavy (non-hydrogen) atoms. The third-order valence-corrected chi connectivity index (χ3v) is 3.14. The normalized spacial score (nSPS) is 10.2. The van der Waals surface area contributed by atoms with Gasteiger partial charge in [0.15, 0.2) is 0 Å². The predicted molar refractivity (Wildman–Crippen MR) is 80.8 cm³/mol. The summed E-state index contributed by atoms with van der Waals surface area (Å²) < 4.78 is 0. The lowest BCUT2D eigenvalue weighted by Gasteiger charge is -2.06. The molecule has 0 bridgehead atoms. The van der Waals surface area contributed by atoms with Crippen LogP contribution in [0.4, 0.5) is 5.69 Å². The molecule has 0 aliphatic carbocycles. The fourth-order valence-corrected chi connectivity index (χ4v) is 2.07. The number of hydrogen-bond acceptors (Lipinski definition) is 4. The van der Waals surface area contributed by atoms with Gasteiger partial charge in [0.25, 0.3) is 5.56 Å². The molecule has 0 amide bonds. The Balaban J connectivity index is 1.81. The Labute approximate surface area is 120 Å². The number of nitrogens with one attached hydrogen (secondary N) is 2. The van der Waals surface area contributed by atoms with Gasteiger partial charge in [0.2, 0.25) is 0 Å². The molecule has 0 unspecified atom stereocenters. The van der Waals surface area contributed by atoms with Gasteiger partial charge in [-0.2, -0.15) is 5.26 Å². The summed E-state index contributed by atoms with van der Waals surface area (Å²) in [5.74, 6) is 0.572. The number of nitrogens with zero attached hydrogens (tertiary/aromatic N) is 2. The van der Waals surface area contributed by atoms with Crippen LogP contribution < -0.4 is 10.9 Å². The fourth-order valence-electron chi connectivity index (χ4n) is 2.07. The summed E-state index contributed by atoms with van der Waals surface area (Å²) in [6.45, 7) is 0.409. The molecule has 0 saturated heterocycles. The summed E-state index contributed by atoms with van der Waals surface area (Å²) in [6, 6.07) is 16.4. The molecule has 0 radical (unpaired) electrons. The molecule has 0 saturated carbocycles. The fraction of sp³-hybridized carbons (Fsp3) is 0.0625. The highest BCUT2D eigenvalue weighted by Gasteiger charge is 2.03. The number of H-pyrrole nitrogens is 1. The molecule has 5 nitrogen and oxygen atoms in total. The zero-order valence-electron chi connectivity index (χ0n) is 11.1. The average molecular weight is 276 g/mol. The minimum Gasteiger partial charge on any atom is -0.378 e. The standard InChI is InChI=1S/C16H12N4O/c17-9-11-5-7-12(8-6-11)18-10-15-19-14-4-2-1-3-13(14)16(21)20-15/h1-8,18H,10H2,(H,19,20,21). The maximum atomic E-state index is 11.9. The highest BCUT2D eigenvalue weighted by atomic mass is 16.1. The van der Waals surface area contributed by atoms with Gasteiger partial charge in [0.1, 0.15) is 5.82 Å². The summed E-state index contributed by atoms with van der Waals surface area (Å²) >= 11 is 0. The molecule has 1 aromatic heterocycles. The zero-order chi connectivity index (χ0) is 14.7. The van der Waals surface area contributed by atoms with E-state index in [1.54, 1.807) is 18.2 Å². The molecule has 5 heteroatoms. The lowest BCUT2D eigenvalue weighted by Crippen LogP contribution is -2.14. The summed E-state index contributed by atoms with van der Waals surface area (Å²) in [4.78, 5) is 19.1. The van der Waals surface area contributed by atoms with Crippen LogP contribution in [0.3, 0.4) is 0 Å². The number of rotatable bonds is 3. The minimum atomic E-state index is -0.141. The smallest absolute Gasteiger partial charge is 0.258 e. The summed E-state index contributed by atoms with van der Waals surface area (Å²) in [5, 5.41) is 12.5. The van der Waals surface area contributed by atoms with Crippen molar-refractivity contribution in [3.05, 3.63) is 70.3 Å². The zero-order valence-corrected chi connectivity index (χ0v) is 11.1. The number of fused-ring (bicyclic) bond motifs is 1. The number of para-hydroxylation sites is 1. The summed E-state index contributed by atoms with van der Waals surface area (Å²) in [7, 11) is 0. The van der Waals surface area contributed by atoms with E-state index in [1.165, 1.54) is 0 Å². The first-order chi connectivity index (χ1) is 10.3. The maximum Gasteiger partial charge on any atom is 0.258 e. The van der Waals surface area contributed by atoms with Crippen LogP contribution >= 0.6 is 0 Å². The number of hydrogen-bond donors (Lipinski definition) is 2. The molecule has 2 aromatic carbocycles. The molecule has 2 N–H and O–H groups in total. The Morgan fingerprint density at radius 1 is 1.14 bits per heavy atom. The van der Waals surface area contributed by atoms with Crippen molar-refractivity contribution in [2.45, 2.75) is 6.54 Å². The quantitative estimate of drug-likeness (QED) is 0.769. The molecule has 0 aliphatic rings. The summed E-state index contributed by atoms with van der Waals surface area (Å²) in [5.41, 5.74) is 2.01. The number of anilines is 1. The van der Waals surface area contributed by atoms with Crippen LogP contribution in [0.5, 0.6) is 0 Å². The molecule has 3 aromatic rings. The largest absolute Gasteiger partial charge is 0.378 e. The van der Waals surface area contributed by atoms with E-state index in [0.717, 1.165) is 5.69 Å². The van der Waals surface area contributed by atoms with Crippen LogP contribution in [-0.2, 0) is 6.54 Å². The highest BCUT2D eigenvalue weighted by Crippen LogP contribution is 2.10. The van der Waals surface area contributed by atoms with Crippen LogP contribution in [0, 0.1) is 11.3 Å². The van der Waals surface area contributed by atoms with Gasteiger partial charge in [-0.25, -0.2) is 4.98 Å². The maximum absolute atomic E-state index is 11.9. The molecule has 0 fully saturated rings. The van der Waals surface area contributed by atoms with Crippen LogP contribution in [0.2, 0.25) is 0 Å². The molecule has 0 spiro atoms. The second-order valence-corrected chi connectivity index (χ2v) is 4.57. The third kappa shape index (κ3) is 2.74. The van der Waals surface area contributed by atoms with Crippen LogP contribution in [0.25, 0.3) is 10.9 Å². The van der Waals surface area contributed by atoms with Gasteiger partial charge >= 0.3 is 0 Å². The van der Waals surface area contributed by atoms with Crippen LogP contribution in [-0.4, -0.2) is 9.97 Å². The van der Waals surface area contributed by atoms with E-state index < -0.39 is 0 Å². The SMILES string of the molecule is N#Cc1ccc(NCc2nc3ccccc3c(=O)[nH]2)cc1. The Morgan fingerprint density at radius 3 is 2.67 bits per heavy atom. The van der Waals surface area contributed by atoms with Crippen molar-refractivity contribution in [1.29, 1.82) is 5.26 Å². The topological polar surface area (TPSA) is 81.6 Å². The molecule has 0 aliphatic heterocycles. The van der Waals surface area contributed by atoms with E-state index in [0.29, 0.717) is 28.8 Å². The molecule has 0 atom stereocenters. The van der Waals surface area contributed by atoms with Gasteiger partial charge in [-0.15, -0.1) is 0 Å². The van der Waals surface area contributed by atoms with Crippen molar-refractivity contribution >= 4 is 16.6 Å². The van der Waals surface area contributed by atoms with Crippen molar-refractivity contribution in [2.24, 2.45) is 0 Å². The van der Waals surface area contributed by atoms with Gasteiger partial charge < -0.3 is 10.3 Å². The molecule has 1 heterocycles. The second-order valence-electron chi connectivity index (χ2n) is 4.57. The van der Waals surface area contributed by atoms with Crippen molar-refractivity contribution in [3.8, 4) is 6.07 Å². The van der Waals surface area contributed by atoms with Crippen LogP contribution in [0.15, 0.2) is 53.3 Å². The highest BCUT2D eigenvalue weighted by molar-refractivity contribution is 5.77. The van der Waals surface area contributed by atoms with Gasteiger partial charge in [0, 0.05) is 5.69 Å². The average Bonchev–Trinajstić information content (AvgIpc) is 2.53. The van der Waals surface area contributed by atoms with E-state index in [2.05, 4.69) is 21.4 Å². The van der Waals surface area contributed by atoms with Crippen molar-refractivity contribution < 1.29 is 0 Å². The van der Waals surface area contributed by atoms with E-state index >= 15 is 0 Å². The van der Waals surface area contributed by atoms with E-state index in [1.807, 2.05) is 30.3 Å². The molecular weight excluding hydrogens is 264 g/mol. The lowest BCUT2D eigenvalue weighted by atomic mass is 10.2. The Morgan fingerprint density at radius 2 is 1.90 bits per heavy atom. The predicted octanol–water partition coefficient (Wildman–Crippen LogP) is 2.41. The molecular formula is C16H12N4O. The van der Waals surface area contributed by atoms with Crippen LogP contribution in [0.1, 0.15) is 11.4 Å². The second kappa shape index (κ2) is 5.47. The van der Waals surface area contributed by atoms with Gasteiger partial charge in [0.05, 0.1) is 29.1 Å². The van der Waals surface area contributed by atoms with Gasteiger partial charge in [-0.1, -0.05) is 12.1 Å². The van der Waals surface area contributed by atoms with Crippen molar-refractivity contribution in [3.63, 3.8) is 0 Å². The van der Waals surface area contributed by atoms with Crippen molar-refractivity contribution in [1.82, 2.24) is 9.97 Å². The molecule has 3 rings (SSSR count). The van der Waals surface area contributed by atoms with Crippen molar-refractivity contribution in [2.75, 3.05) is 5.32 Å². The Hall–Kier alpha value is -3.13. The third-order valence-electron chi connectivity index (χ3n) is 3.14. The first-order valence-corrected chi connectivity index (χ1v) is 6.48. The van der Waals surface area contributed by atoms with E-state index in [9.17, 15) is 4.79 Å². The molecule has 102 valence electrons. The van der Waals surface area contributed by atoms with E-state index in [-0.39, 0.29) is 5.56 Å². The Bertz CT molecular complexity index is 875. The van der Waals surface area contributed by atoms with E-state index in [4.69, 9.17) is 5.26 Å². The van der Waals surface area contributed by atoms with Gasteiger partial charge in [-0.05, 0) is 36.4 Å². The number of benzene rings is 2. The minimum absolute atomic E-state index is 0.141. The number of aromatic amines is 1. The Kier molecular flexibility index (Phi) is 3.36. The lowest BCUT2D eigenvalue weighted by molar-refractivity contribution is 0.953. The first kappa shape index (κ1) is 12.9. The first-order valence-electron chi connectivity index (χ1n) is 6.48.